The van der Waals surface area contributed by atoms with Gasteiger partial charge in [0.1, 0.15) is 11.3 Å². The molecule has 1 fully saturated rings. The van der Waals surface area contributed by atoms with Crippen molar-refractivity contribution in [2.45, 2.75) is 24.9 Å². The maximum absolute atomic E-state index is 15.6. The molecule has 0 N–H and O–H groups in total. The molecule has 6 nitrogen and oxygen atoms in total. The minimum absolute atomic E-state index is 0.110. The van der Waals surface area contributed by atoms with Crippen molar-refractivity contribution in [2.24, 2.45) is 0 Å². The average molecular weight is 415 g/mol. The number of carbonyl (C=O) groups excluding carboxylic acids is 1. The molecule has 4 aromatic rings. The topological polar surface area (TPSA) is 63.4 Å². The predicted molar refractivity (Wildman–Crippen MR) is 115 cm³/mol. The van der Waals surface area contributed by atoms with Gasteiger partial charge in [-0.25, -0.2) is 9.37 Å². The van der Waals surface area contributed by atoms with Gasteiger partial charge in [0.05, 0.1) is 11.3 Å². The Morgan fingerprint density at radius 1 is 1.00 bits per heavy atom. The first kappa shape index (κ1) is 19.4. The fourth-order valence-corrected chi connectivity index (χ4v) is 4.20. The van der Waals surface area contributed by atoms with Crippen LogP contribution in [0, 0.1) is 0 Å². The van der Waals surface area contributed by atoms with Crippen LogP contribution in [-0.2, 0) is 6.42 Å². The second-order valence-electron chi connectivity index (χ2n) is 7.98. The summed E-state index contributed by atoms with van der Waals surface area (Å²) >= 11 is 0. The number of amides is 1. The van der Waals surface area contributed by atoms with E-state index < -0.39 is 5.67 Å². The molecule has 7 heteroatoms. The van der Waals surface area contributed by atoms with E-state index in [1.165, 1.54) is 0 Å². The molecule has 0 aromatic carbocycles. The summed E-state index contributed by atoms with van der Waals surface area (Å²) in [6.07, 6.45) is 11.5. The number of piperidine rings is 1. The van der Waals surface area contributed by atoms with Gasteiger partial charge in [-0.15, -0.1) is 0 Å². The summed E-state index contributed by atoms with van der Waals surface area (Å²) in [4.78, 5) is 27.7. The number of carbonyl (C=O) groups is 1. The zero-order valence-electron chi connectivity index (χ0n) is 17.0. The van der Waals surface area contributed by atoms with Crippen LogP contribution in [0.2, 0.25) is 0 Å². The monoisotopic (exact) mass is 415 g/mol. The lowest BCUT2D eigenvalue weighted by atomic mass is 9.87. The molecular formula is C24H22FN5O. The van der Waals surface area contributed by atoms with Gasteiger partial charge in [-0.05, 0) is 54.8 Å². The minimum Gasteiger partial charge on any atom is -0.338 e. The summed E-state index contributed by atoms with van der Waals surface area (Å²) in [5.74, 6) is -0.110. The third-order valence-corrected chi connectivity index (χ3v) is 5.92. The second kappa shape index (κ2) is 7.91. The first-order chi connectivity index (χ1) is 15.1. The molecule has 0 unspecified atom stereocenters. The third-order valence-electron chi connectivity index (χ3n) is 5.92. The highest BCUT2D eigenvalue weighted by molar-refractivity contribution is 5.99. The van der Waals surface area contributed by atoms with Crippen LogP contribution in [0.25, 0.3) is 16.9 Å². The molecule has 0 radical (unpaired) electrons. The maximum atomic E-state index is 15.6. The number of hydrogen-bond donors (Lipinski definition) is 0. The molecule has 0 aliphatic carbocycles. The van der Waals surface area contributed by atoms with Crippen molar-refractivity contribution in [3.63, 3.8) is 0 Å². The molecule has 0 spiro atoms. The summed E-state index contributed by atoms with van der Waals surface area (Å²) in [7, 11) is 0. The summed E-state index contributed by atoms with van der Waals surface area (Å²) in [6, 6.07) is 11.1. The van der Waals surface area contributed by atoms with E-state index in [9.17, 15) is 4.79 Å². The van der Waals surface area contributed by atoms with Gasteiger partial charge >= 0.3 is 0 Å². The SMILES string of the molecule is O=C(c1cccnc1-c1ccncc1)N1CCC(F)(Cc2ccn3ccnc3c2)CC1. The van der Waals surface area contributed by atoms with Crippen LogP contribution in [0.1, 0.15) is 28.8 Å². The Bertz CT molecular complexity index is 1210. The molecule has 1 saturated heterocycles. The first-order valence-corrected chi connectivity index (χ1v) is 10.4. The van der Waals surface area contributed by atoms with Crippen molar-refractivity contribution in [2.75, 3.05) is 13.1 Å². The van der Waals surface area contributed by atoms with Gasteiger partial charge < -0.3 is 9.30 Å². The number of nitrogens with zero attached hydrogens (tertiary/aromatic N) is 5. The number of alkyl halides is 1. The van der Waals surface area contributed by atoms with Gasteiger partial charge in [0, 0.05) is 62.3 Å². The summed E-state index contributed by atoms with van der Waals surface area (Å²) in [5.41, 5.74) is 2.40. The van der Waals surface area contributed by atoms with E-state index in [2.05, 4.69) is 15.0 Å². The highest BCUT2D eigenvalue weighted by atomic mass is 19.1. The molecule has 4 aromatic heterocycles. The molecule has 1 amide bonds. The van der Waals surface area contributed by atoms with E-state index in [0.29, 0.717) is 43.6 Å². The van der Waals surface area contributed by atoms with Crippen LogP contribution in [0.5, 0.6) is 0 Å². The van der Waals surface area contributed by atoms with Crippen molar-refractivity contribution >= 4 is 11.6 Å². The Morgan fingerprint density at radius 3 is 2.61 bits per heavy atom. The van der Waals surface area contributed by atoms with E-state index in [4.69, 9.17) is 0 Å². The third kappa shape index (κ3) is 3.91. The lowest BCUT2D eigenvalue weighted by Gasteiger charge is -2.36. The van der Waals surface area contributed by atoms with E-state index in [0.717, 1.165) is 16.8 Å². The number of imidazole rings is 1. The van der Waals surface area contributed by atoms with Crippen molar-refractivity contribution in [1.82, 2.24) is 24.3 Å². The quantitative estimate of drug-likeness (QED) is 0.506. The molecule has 0 saturated carbocycles. The zero-order valence-corrected chi connectivity index (χ0v) is 17.0. The van der Waals surface area contributed by atoms with E-state index in [-0.39, 0.29) is 5.91 Å². The average Bonchev–Trinajstić information content (AvgIpc) is 3.27. The Hall–Kier alpha value is -3.61. The molecule has 1 aliphatic rings. The number of likely N-dealkylation sites (tertiary alicyclic amines) is 1. The van der Waals surface area contributed by atoms with Crippen molar-refractivity contribution in [1.29, 1.82) is 0 Å². The Morgan fingerprint density at radius 2 is 1.81 bits per heavy atom. The van der Waals surface area contributed by atoms with Crippen molar-refractivity contribution < 1.29 is 9.18 Å². The number of fused-ring (bicyclic) bond motifs is 1. The Labute approximate surface area is 179 Å². The number of pyridine rings is 3. The maximum Gasteiger partial charge on any atom is 0.256 e. The zero-order chi connectivity index (χ0) is 21.3. The smallest absolute Gasteiger partial charge is 0.256 e. The lowest BCUT2D eigenvalue weighted by Crippen LogP contribution is -2.45. The first-order valence-electron chi connectivity index (χ1n) is 10.4. The normalized spacial score (nSPS) is 15.8. The fourth-order valence-electron chi connectivity index (χ4n) is 4.20. The van der Waals surface area contributed by atoms with Crippen molar-refractivity contribution in [3.8, 4) is 11.3 Å². The predicted octanol–water partition coefficient (Wildman–Crippen LogP) is 3.98. The van der Waals surface area contributed by atoms with Gasteiger partial charge in [0.2, 0.25) is 0 Å². The molecule has 156 valence electrons. The van der Waals surface area contributed by atoms with Crippen LogP contribution in [0.15, 0.2) is 73.6 Å². The van der Waals surface area contributed by atoms with Gasteiger partial charge in [0.25, 0.3) is 5.91 Å². The molecule has 1 aliphatic heterocycles. The summed E-state index contributed by atoms with van der Waals surface area (Å²) in [6.45, 7) is 0.761. The Kier molecular flexibility index (Phi) is 4.94. The minimum atomic E-state index is -1.33. The van der Waals surface area contributed by atoms with Gasteiger partial charge in [-0.3, -0.25) is 14.8 Å². The summed E-state index contributed by atoms with van der Waals surface area (Å²) < 4.78 is 17.5. The molecule has 5 rings (SSSR count). The van der Waals surface area contributed by atoms with Gasteiger partial charge in [0.15, 0.2) is 0 Å². The van der Waals surface area contributed by atoms with Crippen LogP contribution >= 0.6 is 0 Å². The lowest BCUT2D eigenvalue weighted by molar-refractivity contribution is 0.0437. The fraction of sp³-hybridized carbons (Fsp3) is 0.250. The second-order valence-corrected chi connectivity index (χ2v) is 7.98. The van der Waals surface area contributed by atoms with E-state index in [1.807, 2.05) is 41.1 Å². The van der Waals surface area contributed by atoms with Crippen LogP contribution < -0.4 is 0 Å². The molecular weight excluding hydrogens is 393 g/mol. The molecule has 0 atom stereocenters. The van der Waals surface area contributed by atoms with Crippen LogP contribution in [0.4, 0.5) is 4.39 Å². The number of hydrogen-bond acceptors (Lipinski definition) is 4. The standard InChI is InChI=1S/C24H22FN5O/c25-24(17-18-5-12-29-15-11-27-21(29)16-18)6-13-30(14-7-24)23(31)20-2-1-8-28-22(20)19-3-9-26-10-4-19/h1-5,8-12,15-16H,6-7,13-14,17H2. The highest BCUT2D eigenvalue weighted by Crippen LogP contribution is 2.32. The van der Waals surface area contributed by atoms with Gasteiger partial charge in [-0.1, -0.05) is 0 Å². The van der Waals surface area contributed by atoms with Crippen LogP contribution in [0.3, 0.4) is 0 Å². The van der Waals surface area contributed by atoms with Crippen LogP contribution in [-0.4, -0.2) is 48.9 Å². The number of halogens is 1. The highest BCUT2D eigenvalue weighted by Gasteiger charge is 2.36. The number of rotatable bonds is 4. The summed E-state index contributed by atoms with van der Waals surface area (Å²) in [5, 5.41) is 0. The molecule has 5 heterocycles. The van der Waals surface area contributed by atoms with Crippen molar-refractivity contribution in [3.05, 3.63) is 84.7 Å². The molecule has 0 bridgehead atoms. The Balaban J connectivity index is 1.30. The van der Waals surface area contributed by atoms with E-state index >= 15 is 4.39 Å². The largest absolute Gasteiger partial charge is 0.338 e. The van der Waals surface area contributed by atoms with E-state index in [1.54, 1.807) is 41.8 Å². The van der Waals surface area contributed by atoms with Gasteiger partial charge in [-0.2, -0.15) is 0 Å². The number of aromatic nitrogens is 4. The molecule has 31 heavy (non-hydrogen) atoms.